The molecule has 0 saturated carbocycles. The van der Waals surface area contributed by atoms with Gasteiger partial charge in [-0.05, 0) is 60.9 Å². The first kappa shape index (κ1) is 15.4. The highest BCUT2D eigenvalue weighted by Gasteiger charge is 2.34. The molecule has 2 nitrogen and oxygen atoms in total. The molecule has 112 valence electrons. The lowest BCUT2D eigenvalue weighted by Gasteiger charge is -2.40. The molecule has 0 amide bonds. The molecule has 0 spiro atoms. The summed E-state index contributed by atoms with van der Waals surface area (Å²) < 4.78 is 0. The van der Waals surface area contributed by atoms with Gasteiger partial charge < -0.3 is 10.4 Å². The van der Waals surface area contributed by atoms with E-state index in [1.807, 2.05) is 12.1 Å². The maximum Gasteiger partial charge on any atom is 0.115 e. The van der Waals surface area contributed by atoms with Crippen molar-refractivity contribution in [3.05, 3.63) is 29.3 Å². The maximum atomic E-state index is 9.84. The summed E-state index contributed by atoms with van der Waals surface area (Å²) in [5.74, 6) is 1.68. The lowest BCUT2D eigenvalue weighted by molar-refractivity contribution is 0.266. The van der Waals surface area contributed by atoms with E-state index in [1.165, 1.54) is 36.8 Å². The van der Waals surface area contributed by atoms with Crippen molar-refractivity contribution in [2.75, 3.05) is 6.54 Å². The molecule has 0 aliphatic heterocycles. The van der Waals surface area contributed by atoms with Crippen LogP contribution < -0.4 is 5.32 Å². The first-order valence-electron chi connectivity index (χ1n) is 8.26. The molecule has 1 aromatic carbocycles. The third-order valence-corrected chi connectivity index (χ3v) is 4.71. The van der Waals surface area contributed by atoms with Crippen molar-refractivity contribution in [2.45, 2.75) is 64.8 Å². The molecule has 3 atom stereocenters. The van der Waals surface area contributed by atoms with Crippen LogP contribution in [0.1, 0.15) is 63.5 Å². The summed E-state index contributed by atoms with van der Waals surface area (Å²) in [5, 5.41) is 13.6. The van der Waals surface area contributed by atoms with E-state index in [0.717, 1.165) is 18.9 Å². The normalized spacial score (nSPS) is 25.4. The van der Waals surface area contributed by atoms with Gasteiger partial charge in [-0.3, -0.25) is 0 Å². The van der Waals surface area contributed by atoms with Gasteiger partial charge in [-0.15, -0.1) is 0 Å². The van der Waals surface area contributed by atoms with Gasteiger partial charge in [0.05, 0.1) is 0 Å². The summed E-state index contributed by atoms with van der Waals surface area (Å²) in [7, 11) is 0. The van der Waals surface area contributed by atoms with Crippen LogP contribution >= 0.6 is 0 Å². The number of aromatic hydroxyl groups is 1. The highest BCUT2D eigenvalue weighted by molar-refractivity contribution is 5.40. The van der Waals surface area contributed by atoms with Gasteiger partial charge in [-0.2, -0.15) is 0 Å². The molecule has 20 heavy (non-hydrogen) atoms. The third kappa shape index (κ3) is 3.17. The van der Waals surface area contributed by atoms with Crippen LogP contribution in [0.25, 0.3) is 0 Å². The van der Waals surface area contributed by atoms with E-state index in [1.54, 1.807) is 0 Å². The van der Waals surface area contributed by atoms with E-state index < -0.39 is 0 Å². The standard InChI is InChI=1S/C18H29NO/c1-4-7-16-17-12-15(20)9-8-14(17)11-13(6-3)18(16)19-10-5-2/h8-9,12-13,16,18-20H,4-7,10-11H2,1-3H3. The van der Waals surface area contributed by atoms with Crippen LogP contribution in [0.15, 0.2) is 18.2 Å². The van der Waals surface area contributed by atoms with Gasteiger partial charge in [-0.1, -0.05) is 39.7 Å². The molecular weight excluding hydrogens is 246 g/mol. The van der Waals surface area contributed by atoms with Gasteiger partial charge in [0.25, 0.3) is 0 Å². The van der Waals surface area contributed by atoms with Crippen molar-refractivity contribution in [3.63, 3.8) is 0 Å². The van der Waals surface area contributed by atoms with Crippen LogP contribution in [0.3, 0.4) is 0 Å². The number of phenolic OH excluding ortho intramolecular Hbond substituents is 1. The summed E-state index contributed by atoms with van der Waals surface area (Å²) in [4.78, 5) is 0. The molecule has 2 heteroatoms. The zero-order valence-corrected chi connectivity index (χ0v) is 13.2. The lowest BCUT2D eigenvalue weighted by Crippen LogP contribution is -2.45. The Bertz CT molecular complexity index is 429. The van der Waals surface area contributed by atoms with Gasteiger partial charge >= 0.3 is 0 Å². The van der Waals surface area contributed by atoms with E-state index in [2.05, 4.69) is 32.2 Å². The Morgan fingerprint density at radius 2 is 2.00 bits per heavy atom. The smallest absolute Gasteiger partial charge is 0.115 e. The summed E-state index contributed by atoms with van der Waals surface area (Å²) >= 11 is 0. The largest absolute Gasteiger partial charge is 0.508 e. The van der Waals surface area contributed by atoms with Gasteiger partial charge in [0.2, 0.25) is 0 Å². The third-order valence-electron chi connectivity index (χ3n) is 4.71. The molecule has 1 aliphatic carbocycles. The summed E-state index contributed by atoms with van der Waals surface area (Å²) in [6.07, 6.45) is 5.95. The van der Waals surface area contributed by atoms with E-state index in [9.17, 15) is 5.11 Å². The number of rotatable bonds is 6. The minimum atomic E-state index is 0.411. The lowest BCUT2D eigenvalue weighted by atomic mass is 9.70. The predicted molar refractivity (Wildman–Crippen MR) is 85.3 cm³/mol. The first-order chi connectivity index (χ1) is 9.71. The van der Waals surface area contributed by atoms with E-state index >= 15 is 0 Å². The summed E-state index contributed by atoms with van der Waals surface area (Å²) in [6.45, 7) is 7.88. The molecule has 0 bridgehead atoms. The molecule has 2 N–H and O–H groups in total. The molecular formula is C18H29NO. The Morgan fingerprint density at radius 1 is 1.20 bits per heavy atom. The van der Waals surface area contributed by atoms with Crippen molar-refractivity contribution in [1.29, 1.82) is 0 Å². The molecule has 0 heterocycles. The molecule has 0 aromatic heterocycles. The van der Waals surface area contributed by atoms with Crippen LogP contribution in [-0.4, -0.2) is 17.7 Å². The Hall–Kier alpha value is -1.02. The molecule has 2 rings (SSSR count). The van der Waals surface area contributed by atoms with Crippen molar-refractivity contribution < 1.29 is 5.11 Å². The number of nitrogens with one attached hydrogen (secondary N) is 1. The zero-order chi connectivity index (χ0) is 14.5. The van der Waals surface area contributed by atoms with Gasteiger partial charge in [0.15, 0.2) is 0 Å². The first-order valence-corrected chi connectivity index (χ1v) is 8.26. The van der Waals surface area contributed by atoms with Crippen LogP contribution in [0, 0.1) is 5.92 Å². The van der Waals surface area contributed by atoms with Gasteiger partial charge in [0.1, 0.15) is 5.75 Å². The Kier molecular flexibility index (Phi) is 5.47. The second kappa shape index (κ2) is 7.12. The highest BCUT2D eigenvalue weighted by atomic mass is 16.3. The number of hydrogen-bond donors (Lipinski definition) is 2. The fraction of sp³-hybridized carbons (Fsp3) is 0.667. The SMILES string of the molecule is CCCNC1C(CC)Cc2ccc(O)cc2C1CCC. The Labute approximate surface area is 123 Å². The Morgan fingerprint density at radius 3 is 2.65 bits per heavy atom. The van der Waals surface area contributed by atoms with Crippen molar-refractivity contribution in [2.24, 2.45) is 5.92 Å². The van der Waals surface area contributed by atoms with E-state index in [0.29, 0.717) is 17.7 Å². The quantitative estimate of drug-likeness (QED) is 0.814. The second-order valence-corrected chi connectivity index (χ2v) is 6.13. The fourth-order valence-electron chi connectivity index (χ4n) is 3.71. The molecule has 3 unspecified atom stereocenters. The summed E-state index contributed by atoms with van der Waals surface area (Å²) in [6, 6.07) is 6.54. The van der Waals surface area contributed by atoms with Crippen LogP contribution in [0.4, 0.5) is 0 Å². The number of hydrogen-bond acceptors (Lipinski definition) is 2. The molecule has 0 saturated heterocycles. The minimum Gasteiger partial charge on any atom is -0.508 e. The minimum absolute atomic E-state index is 0.411. The Balaban J connectivity index is 2.34. The topological polar surface area (TPSA) is 32.3 Å². The van der Waals surface area contributed by atoms with Crippen LogP contribution in [-0.2, 0) is 6.42 Å². The number of phenols is 1. The van der Waals surface area contributed by atoms with Crippen LogP contribution in [0.2, 0.25) is 0 Å². The predicted octanol–water partition coefficient (Wildman–Crippen LogP) is 4.23. The van der Waals surface area contributed by atoms with E-state index in [-0.39, 0.29) is 0 Å². The fourth-order valence-corrected chi connectivity index (χ4v) is 3.71. The number of fused-ring (bicyclic) bond motifs is 1. The second-order valence-electron chi connectivity index (χ2n) is 6.13. The van der Waals surface area contributed by atoms with Crippen molar-refractivity contribution in [3.8, 4) is 5.75 Å². The van der Waals surface area contributed by atoms with Crippen molar-refractivity contribution in [1.82, 2.24) is 5.32 Å². The molecule has 1 aromatic rings. The van der Waals surface area contributed by atoms with Gasteiger partial charge in [-0.25, -0.2) is 0 Å². The average molecular weight is 275 g/mol. The monoisotopic (exact) mass is 275 g/mol. The van der Waals surface area contributed by atoms with Crippen LogP contribution in [0.5, 0.6) is 5.75 Å². The van der Waals surface area contributed by atoms with E-state index in [4.69, 9.17) is 0 Å². The molecule has 0 fully saturated rings. The highest BCUT2D eigenvalue weighted by Crippen LogP contribution is 2.40. The zero-order valence-electron chi connectivity index (χ0n) is 13.2. The molecule has 1 aliphatic rings. The van der Waals surface area contributed by atoms with Crippen molar-refractivity contribution >= 4 is 0 Å². The average Bonchev–Trinajstić information content (AvgIpc) is 2.46. The number of benzene rings is 1. The molecule has 0 radical (unpaired) electrons. The maximum absolute atomic E-state index is 9.84. The van der Waals surface area contributed by atoms with Gasteiger partial charge in [0, 0.05) is 6.04 Å². The summed E-state index contributed by atoms with van der Waals surface area (Å²) in [5.41, 5.74) is 2.83.